The Balaban J connectivity index is 2.08. The van der Waals surface area contributed by atoms with Crippen molar-refractivity contribution in [3.05, 3.63) is 35.9 Å². The summed E-state index contributed by atoms with van der Waals surface area (Å²) in [4.78, 5) is 13.4. The molecule has 1 fully saturated rings. The molecule has 1 aliphatic rings. The van der Waals surface area contributed by atoms with Crippen LogP contribution in [0.1, 0.15) is 17.9 Å². The van der Waals surface area contributed by atoms with Gasteiger partial charge in [-0.3, -0.25) is 4.90 Å². The highest BCUT2D eigenvalue weighted by Gasteiger charge is 2.29. The molecule has 1 aromatic rings. The Kier molecular flexibility index (Phi) is 4.97. The first-order valence-corrected chi connectivity index (χ1v) is 6.71. The van der Waals surface area contributed by atoms with Crippen LogP contribution in [0.2, 0.25) is 0 Å². The molecule has 1 heterocycles. The van der Waals surface area contributed by atoms with E-state index in [0.29, 0.717) is 19.0 Å². The van der Waals surface area contributed by atoms with Crippen molar-refractivity contribution in [3.63, 3.8) is 0 Å². The van der Waals surface area contributed by atoms with Crippen LogP contribution in [0.15, 0.2) is 30.3 Å². The second-order valence-corrected chi connectivity index (χ2v) is 5.03. The van der Waals surface area contributed by atoms with Crippen LogP contribution in [0.5, 0.6) is 0 Å². The number of likely N-dealkylation sites (tertiary alicyclic amines) is 1. The lowest BCUT2D eigenvalue weighted by Crippen LogP contribution is -2.50. The number of hydrogen-bond donors (Lipinski definition) is 1. The van der Waals surface area contributed by atoms with Crippen molar-refractivity contribution in [2.24, 2.45) is 0 Å². The largest absolute Gasteiger partial charge is 0.453 e. The molecule has 5 nitrogen and oxygen atoms in total. The van der Waals surface area contributed by atoms with Crippen molar-refractivity contribution in [3.8, 4) is 6.07 Å². The average Bonchev–Trinajstić information content (AvgIpc) is 2.48. The van der Waals surface area contributed by atoms with Gasteiger partial charge in [-0.25, -0.2) is 4.79 Å². The molecular formula is C15H19N3O2. The third kappa shape index (κ3) is 3.72. The minimum absolute atomic E-state index is 0.00903. The zero-order chi connectivity index (χ0) is 14.4. The van der Waals surface area contributed by atoms with Crippen LogP contribution >= 0.6 is 0 Å². The molecule has 2 rings (SSSR count). The standard InChI is InChI=1S/C15H19N3O2/c1-20-15(19)17-14-9-13(10-18(11-14)8-7-16)12-5-3-2-4-6-12/h2-6,13-14H,8-11H2,1H3,(H,17,19). The molecule has 0 radical (unpaired) electrons. The quantitative estimate of drug-likeness (QED) is 0.852. The molecule has 0 saturated carbocycles. The van der Waals surface area contributed by atoms with Gasteiger partial charge in [-0.15, -0.1) is 0 Å². The maximum absolute atomic E-state index is 11.4. The number of nitriles is 1. The number of hydrogen-bond acceptors (Lipinski definition) is 4. The summed E-state index contributed by atoms with van der Waals surface area (Å²) in [6, 6.07) is 12.4. The number of carbonyl (C=O) groups is 1. The number of nitrogens with one attached hydrogen (secondary N) is 1. The highest BCUT2D eigenvalue weighted by Crippen LogP contribution is 2.26. The number of carbonyl (C=O) groups excluding carboxylic acids is 1. The van der Waals surface area contributed by atoms with Gasteiger partial charge in [0, 0.05) is 19.1 Å². The second-order valence-electron chi connectivity index (χ2n) is 5.03. The topological polar surface area (TPSA) is 65.4 Å². The van der Waals surface area contributed by atoms with E-state index in [9.17, 15) is 4.79 Å². The highest BCUT2D eigenvalue weighted by atomic mass is 16.5. The van der Waals surface area contributed by atoms with E-state index in [2.05, 4.69) is 33.2 Å². The van der Waals surface area contributed by atoms with E-state index in [1.165, 1.54) is 12.7 Å². The second kappa shape index (κ2) is 6.92. The summed E-state index contributed by atoms with van der Waals surface area (Å²) in [6.45, 7) is 1.91. The Morgan fingerprint density at radius 2 is 2.20 bits per heavy atom. The first-order chi connectivity index (χ1) is 9.72. The molecule has 0 aromatic heterocycles. The Morgan fingerprint density at radius 1 is 1.45 bits per heavy atom. The minimum atomic E-state index is -0.416. The van der Waals surface area contributed by atoms with Crippen molar-refractivity contribution < 1.29 is 9.53 Å². The van der Waals surface area contributed by atoms with Crippen LogP contribution in [0.25, 0.3) is 0 Å². The summed E-state index contributed by atoms with van der Waals surface area (Å²) in [6.07, 6.45) is 0.446. The zero-order valence-corrected chi connectivity index (χ0v) is 11.6. The summed E-state index contributed by atoms with van der Waals surface area (Å²) >= 11 is 0. The van der Waals surface area contributed by atoms with Crippen LogP contribution in [0.3, 0.4) is 0 Å². The van der Waals surface area contributed by atoms with E-state index < -0.39 is 6.09 Å². The summed E-state index contributed by atoms with van der Waals surface area (Å²) < 4.78 is 4.66. The summed E-state index contributed by atoms with van der Waals surface area (Å²) in [5.41, 5.74) is 1.24. The number of ether oxygens (including phenoxy) is 1. The number of piperidine rings is 1. The summed E-state index contributed by atoms with van der Waals surface area (Å²) in [5.74, 6) is 0.320. The van der Waals surface area contributed by atoms with Crippen molar-refractivity contribution in [2.45, 2.75) is 18.4 Å². The first kappa shape index (κ1) is 14.4. The van der Waals surface area contributed by atoms with Gasteiger partial charge >= 0.3 is 6.09 Å². The van der Waals surface area contributed by atoms with Gasteiger partial charge in [0.1, 0.15) is 0 Å². The molecule has 2 unspecified atom stereocenters. The SMILES string of the molecule is COC(=O)NC1CC(c2ccccc2)CN(CC#N)C1. The number of alkyl carbamates (subject to hydrolysis) is 1. The number of methoxy groups -OCH3 is 1. The smallest absolute Gasteiger partial charge is 0.407 e. The van der Waals surface area contributed by atoms with Crippen LogP contribution < -0.4 is 5.32 Å². The fourth-order valence-corrected chi connectivity index (χ4v) is 2.72. The summed E-state index contributed by atoms with van der Waals surface area (Å²) in [5, 5.41) is 11.7. The van der Waals surface area contributed by atoms with Gasteiger partial charge in [-0.05, 0) is 17.9 Å². The molecule has 0 aliphatic carbocycles. The number of benzene rings is 1. The number of amides is 1. The van der Waals surface area contributed by atoms with Gasteiger partial charge in [0.15, 0.2) is 0 Å². The fraction of sp³-hybridized carbons (Fsp3) is 0.467. The maximum Gasteiger partial charge on any atom is 0.407 e. The molecule has 2 atom stereocenters. The Labute approximate surface area is 119 Å². The molecule has 1 aliphatic heterocycles. The van der Waals surface area contributed by atoms with Crippen LogP contribution in [0, 0.1) is 11.3 Å². The van der Waals surface area contributed by atoms with E-state index in [1.807, 2.05) is 18.2 Å². The van der Waals surface area contributed by atoms with E-state index in [0.717, 1.165) is 13.0 Å². The molecule has 20 heavy (non-hydrogen) atoms. The van der Waals surface area contributed by atoms with Gasteiger partial charge in [0.25, 0.3) is 0 Å². The monoisotopic (exact) mass is 273 g/mol. The van der Waals surface area contributed by atoms with E-state index in [-0.39, 0.29) is 6.04 Å². The fourth-order valence-electron chi connectivity index (χ4n) is 2.72. The van der Waals surface area contributed by atoms with E-state index in [1.54, 1.807) is 0 Å². The van der Waals surface area contributed by atoms with Crippen molar-refractivity contribution >= 4 is 6.09 Å². The van der Waals surface area contributed by atoms with Crippen molar-refractivity contribution in [1.29, 1.82) is 5.26 Å². The third-order valence-corrected chi connectivity index (χ3v) is 3.60. The van der Waals surface area contributed by atoms with Gasteiger partial charge in [-0.2, -0.15) is 5.26 Å². The predicted molar refractivity (Wildman–Crippen MR) is 75.2 cm³/mol. The predicted octanol–water partition coefficient (Wildman–Crippen LogP) is 1.72. The molecule has 1 N–H and O–H groups in total. The summed E-state index contributed by atoms with van der Waals surface area (Å²) in [7, 11) is 1.36. The molecule has 1 saturated heterocycles. The van der Waals surface area contributed by atoms with Gasteiger partial charge in [0.05, 0.1) is 19.7 Å². The number of rotatable bonds is 3. The molecule has 5 heteroatoms. The average molecular weight is 273 g/mol. The number of nitrogens with zero attached hydrogens (tertiary/aromatic N) is 2. The van der Waals surface area contributed by atoms with Crippen molar-refractivity contribution in [2.75, 3.05) is 26.7 Å². The maximum atomic E-state index is 11.4. The van der Waals surface area contributed by atoms with Crippen LogP contribution in [0.4, 0.5) is 4.79 Å². The first-order valence-electron chi connectivity index (χ1n) is 6.71. The van der Waals surface area contributed by atoms with Gasteiger partial charge in [0.2, 0.25) is 0 Å². The molecule has 0 bridgehead atoms. The Hall–Kier alpha value is -2.06. The normalized spacial score (nSPS) is 22.8. The Bertz CT molecular complexity index is 484. The van der Waals surface area contributed by atoms with Crippen molar-refractivity contribution in [1.82, 2.24) is 10.2 Å². The lowest BCUT2D eigenvalue weighted by Gasteiger charge is -2.36. The minimum Gasteiger partial charge on any atom is -0.453 e. The molecule has 1 aromatic carbocycles. The highest BCUT2D eigenvalue weighted by molar-refractivity contribution is 5.67. The van der Waals surface area contributed by atoms with E-state index >= 15 is 0 Å². The molecule has 1 amide bonds. The zero-order valence-electron chi connectivity index (χ0n) is 11.6. The van der Waals surface area contributed by atoms with Gasteiger partial charge in [-0.1, -0.05) is 30.3 Å². The third-order valence-electron chi connectivity index (χ3n) is 3.60. The van der Waals surface area contributed by atoms with Crippen LogP contribution in [-0.2, 0) is 4.74 Å². The molecule has 106 valence electrons. The van der Waals surface area contributed by atoms with Crippen LogP contribution in [-0.4, -0.2) is 43.8 Å². The molecule has 0 spiro atoms. The van der Waals surface area contributed by atoms with E-state index in [4.69, 9.17) is 5.26 Å². The Morgan fingerprint density at radius 3 is 2.85 bits per heavy atom. The molecular weight excluding hydrogens is 254 g/mol. The lowest BCUT2D eigenvalue weighted by molar-refractivity contribution is 0.146. The lowest BCUT2D eigenvalue weighted by atomic mass is 9.88. The van der Waals surface area contributed by atoms with Gasteiger partial charge < -0.3 is 10.1 Å².